The third-order valence-electron chi connectivity index (χ3n) is 4.20. The number of halogens is 2. The molecule has 1 aromatic rings. The highest BCUT2D eigenvalue weighted by atomic mass is 79.9. The summed E-state index contributed by atoms with van der Waals surface area (Å²) in [6.45, 7) is 0. The van der Waals surface area contributed by atoms with Crippen LogP contribution in [0.3, 0.4) is 0 Å². The first-order chi connectivity index (χ1) is 8.19. The van der Waals surface area contributed by atoms with Crippen LogP contribution in [0, 0.1) is 17.8 Å². The van der Waals surface area contributed by atoms with E-state index in [2.05, 4.69) is 22.0 Å². The number of alkyl halides is 1. The van der Waals surface area contributed by atoms with Gasteiger partial charge in [-0.3, -0.25) is 0 Å². The van der Waals surface area contributed by atoms with Crippen LogP contribution >= 0.6 is 27.5 Å². The molecule has 2 saturated carbocycles. The summed E-state index contributed by atoms with van der Waals surface area (Å²) >= 11 is 10.2. The lowest BCUT2D eigenvalue weighted by Gasteiger charge is -2.20. The predicted molar refractivity (Wildman–Crippen MR) is 74.0 cm³/mol. The standard InChI is InChI=1S/C14H16BrClO/c1-17-11-2-3-12(13(16)7-11)14(15)10-5-8-4-9(8)6-10/h2-3,7-10,14H,4-6H2,1H3. The Labute approximate surface area is 116 Å². The molecule has 3 rings (SSSR count). The quantitative estimate of drug-likeness (QED) is 0.726. The van der Waals surface area contributed by atoms with Gasteiger partial charge in [-0.25, -0.2) is 0 Å². The number of fused-ring (bicyclic) bond motifs is 1. The van der Waals surface area contributed by atoms with Gasteiger partial charge in [-0.1, -0.05) is 33.6 Å². The Kier molecular flexibility index (Phi) is 3.12. The summed E-state index contributed by atoms with van der Waals surface area (Å²) in [6, 6.07) is 5.98. The van der Waals surface area contributed by atoms with Crippen molar-refractivity contribution in [2.45, 2.75) is 24.1 Å². The van der Waals surface area contributed by atoms with Crippen LogP contribution in [0.15, 0.2) is 18.2 Å². The van der Waals surface area contributed by atoms with Gasteiger partial charge in [0.25, 0.3) is 0 Å². The fourth-order valence-corrected chi connectivity index (χ4v) is 4.36. The van der Waals surface area contributed by atoms with Gasteiger partial charge in [0.2, 0.25) is 0 Å². The molecule has 0 bridgehead atoms. The Balaban J connectivity index is 1.78. The molecular weight excluding hydrogens is 300 g/mol. The highest BCUT2D eigenvalue weighted by Crippen LogP contribution is 2.59. The topological polar surface area (TPSA) is 9.23 Å². The van der Waals surface area contributed by atoms with Gasteiger partial charge in [0.1, 0.15) is 5.75 Å². The third-order valence-corrected chi connectivity index (χ3v) is 5.77. The van der Waals surface area contributed by atoms with E-state index in [4.69, 9.17) is 16.3 Å². The van der Waals surface area contributed by atoms with E-state index in [-0.39, 0.29) is 0 Å². The molecule has 2 aliphatic rings. The molecule has 3 heteroatoms. The second-order valence-corrected chi connectivity index (χ2v) is 6.67. The molecule has 0 radical (unpaired) electrons. The summed E-state index contributed by atoms with van der Waals surface area (Å²) in [6.07, 6.45) is 4.19. The lowest BCUT2D eigenvalue weighted by Crippen LogP contribution is -2.06. The van der Waals surface area contributed by atoms with Crippen molar-refractivity contribution in [1.29, 1.82) is 0 Å². The lowest BCUT2D eigenvalue weighted by molar-refractivity contribution is 0.414. The van der Waals surface area contributed by atoms with Crippen LogP contribution in [-0.2, 0) is 0 Å². The molecule has 92 valence electrons. The van der Waals surface area contributed by atoms with E-state index in [1.54, 1.807) is 7.11 Å². The van der Waals surface area contributed by atoms with Crippen molar-refractivity contribution in [2.24, 2.45) is 17.8 Å². The van der Waals surface area contributed by atoms with Gasteiger partial charge in [-0.05, 0) is 54.7 Å². The first kappa shape index (κ1) is 11.9. The number of hydrogen-bond acceptors (Lipinski definition) is 1. The number of benzene rings is 1. The second-order valence-electron chi connectivity index (χ2n) is 5.28. The highest BCUT2D eigenvalue weighted by molar-refractivity contribution is 9.09. The summed E-state index contributed by atoms with van der Waals surface area (Å²) in [5, 5.41) is 0.812. The molecule has 0 heterocycles. The first-order valence-electron chi connectivity index (χ1n) is 6.16. The van der Waals surface area contributed by atoms with Gasteiger partial charge in [0.15, 0.2) is 0 Å². The minimum Gasteiger partial charge on any atom is -0.497 e. The average molecular weight is 316 g/mol. The minimum atomic E-state index is 0.397. The van der Waals surface area contributed by atoms with E-state index in [9.17, 15) is 0 Å². The summed E-state index contributed by atoms with van der Waals surface area (Å²) in [5.74, 6) is 3.60. The normalized spacial score (nSPS) is 32.1. The van der Waals surface area contributed by atoms with Gasteiger partial charge in [-0.2, -0.15) is 0 Å². The van der Waals surface area contributed by atoms with Gasteiger partial charge in [0.05, 0.1) is 7.11 Å². The largest absolute Gasteiger partial charge is 0.497 e. The summed E-state index contributed by atoms with van der Waals surface area (Å²) < 4.78 is 5.18. The number of ether oxygens (including phenoxy) is 1. The van der Waals surface area contributed by atoms with Crippen molar-refractivity contribution >= 4 is 27.5 Å². The Morgan fingerprint density at radius 3 is 2.59 bits per heavy atom. The third kappa shape index (κ3) is 2.22. The van der Waals surface area contributed by atoms with E-state index in [0.29, 0.717) is 4.83 Å². The van der Waals surface area contributed by atoms with Gasteiger partial charge in [-0.15, -0.1) is 0 Å². The smallest absolute Gasteiger partial charge is 0.120 e. The Bertz CT molecular complexity index is 424. The predicted octanol–water partition coefficient (Wildman–Crippen LogP) is 4.83. The molecule has 2 fully saturated rings. The fourth-order valence-electron chi connectivity index (χ4n) is 3.11. The Hall–Kier alpha value is -0.210. The van der Waals surface area contributed by atoms with Gasteiger partial charge >= 0.3 is 0 Å². The van der Waals surface area contributed by atoms with Crippen molar-refractivity contribution in [1.82, 2.24) is 0 Å². The molecule has 0 amide bonds. The molecule has 3 atom stereocenters. The van der Waals surface area contributed by atoms with Crippen molar-refractivity contribution in [3.8, 4) is 5.75 Å². The minimum absolute atomic E-state index is 0.397. The molecule has 3 unspecified atom stereocenters. The van der Waals surface area contributed by atoms with Gasteiger partial charge < -0.3 is 4.74 Å². The maximum Gasteiger partial charge on any atom is 0.120 e. The molecular formula is C14H16BrClO. The Morgan fingerprint density at radius 1 is 1.29 bits per heavy atom. The molecule has 0 aromatic heterocycles. The van der Waals surface area contributed by atoms with E-state index in [1.165, 1.54) is 24.8 Å². The van der Waals surface area contributed by atoms with Crippen molar-refractivity contribution in [2.75, 3.05) is 7.11 Å². The van der Waals surface area contributed by atoms with Crippen LogP contribution in [0.2, 0.25) is 5.02 Å². The van der Waals surface area contributed by atoms with Crippen LogP contribution in [0.4, 0.5) is 0 Å². The second kappa shape index (κ2) is 4.47. The summed E-state index contributed by atoms with van der Waals surface area (Å²) in [5.41, 5.74) is 1.21. The molecule has 1 aromatic carbocycles. The number of rotatable bonds is 3. The fraction of sp³-hybridized carbons (Fsp3) is 0.571. The van der Waals surface area contributed by atoms with E-state index >= 15 is 0 Å². The number of hydrogen-bond donors (Lipinski definition) is 0. The lowest BCUT2D eigenvalue weighted by atomic mass is 9.94. The zero-order chi connectivity index (χ0) is 12.0. The molecule has 2 aliphatic carbocycles. The zero-order valence-corrected chi connectivity index (χ0v) is 12.2. The highest BCUT2D eigenvalue weighted by Gasteiger charge is 2.47. The van der Waals surface area contributed by atoms with Crippen LogP contribution < -0.4 is 4.74 Å². The van der Waals surface area contributed by atoms with Crippen LogP contribution in [-0.4, -0.2) is 7.11 Å². The molecule has 17 heavy (non-hydrogen) atoms. The van der Waals surface area contributed by atoms with Crippen molar-refractivity contribution < 1.29 is 4.74 Å². The maximum absolute atomic E-state index is 6.32. The van der Waals surface area contributed by atoms with E-state index in [0.717, 1.165) is 28.5 Å². The van der Waals surface area contributed by atoms with Crippen LogP contribution in [0.25, 0.3) is 0 Å². The van der Waals surface area contributed by atoms with E-state index < -0.39 is 0 Å². The SMILES string of the molecule is COc1ccc(C(Br)C2CC3CC3C2)c(Cl)c1. The molecule has 0 aliphatic heterocycles. The van der Waals surface area contributed by atoms with E-state index in [1.807, 2.05) is 12.1 Å². The maximum atomic E-state index is 6.32. The van der Waals surface area contributed by atoms with Crippen LogP contribution in [0.1, 0.15) is 29.7 Å². The van der Waals surface area contributed by atoms with Crippen LogP contribution in [0.5, 0.6) is 5.75 Å². The molecule has 1 nitrogen and oxygen atoms in total. The molecule has 0 N–H and O–H groups in total. The van der Waals surface area contributed by atoms with Crippen molar-refractivity contribution in [3.63, 3.8) is 0 Å². The summed E-state index contributed by atoms with van der Waals surface area (Å²) in [7, 11) is 1.67. The Morgan fingerprint density at radius 2 is 2.00 bits per heavy atom. The first-order valence-corrected chi connectivity index (χ1v) is 7.46. The molecule has 0 spiro atoms. The van der Waals surface area contributed by atoms with Crippen molar-refractivity contribution in [3.05, 3.63) is 28.8 Å². The number of methoxy groups -OCH3 is 1. The average Bonchev–Trinajstić information content (AvgIpc) is 2.95. The van der Waals surface area contributed by atoms with Gasteiger partial charge in [0, 0.05) is 9.85 Å². The summed E-state index contributed by atoms with van der Waals surface area (Å²) in [4.78, 5) is 0.397. The molecule has 0 saturated heterocycles. The zero-order valence-electron chi connectivity index (χ0n) is 9.83. The monoisotopic (exact) mass is 314 g/mol.